The lowest BCUT2D eigenvalue weighted by Crippen LogP contribution is -2.45. The molecule has 1 atom stereocenters. The Morgan fingerprint density at radius 2 is 2.14 bits per heavy atom. The van der Waals surface area contributed by atoms with Crippen LogP contribution >= 0.6 is 12.4 Å². The van der Waals surface area contributed by atoms with Gasteiger partial charge < -0.3 is 5.32 Å². The summed E-state index contributed by atoms with van der Waals surface area (Å²) in [5, 5.41) is 14.0. The van der Waals surface area contributed by atoms with E-state index in [1.165, 1.54) is 12.1 Å². The molecule has 0 bridgehead atoms. The number of nitro groups is 1. The minimum absolute atomic E-state index is 0. The number of hydrogen-bond acceptors (Lipinski definition) is 5. The van der Waals surface area contributed by atoms with Gasteiger partial charge in [0.15, 0.2) is 0 Å². The number of nitro benzene ring substituents is 1. The first-order valence-electron chi connectivity index (χ1n) is 6.38. The van der Waals surface area contributed by atoms with Gasteiger partial charge in [-0.05, 0) is 32.4 Å². The monoisotopic (exact) mass is 335 g/mol. The Balaban J connectivity index is 0.00000220. The quantitative estimate of drug-likeness (QED) is 0.639. The molecule has 1 heterocycles. The minimum atomic E-state index is -3.73. The number of aryl methyl sites for hydroxylation is 1. The van der Waals surface area contributed by atoms with Crippen molar-refractivity contribution in [3.05, 3.63) is 33.9 Å². The van der Waals surface area contributed by atoms with Crippen LogP contribution in [0.15, 0.2) is 23.1 Å². The fourth-order valence-corrected chi connectivity index (χ4v) is 3.48. The van der Waals surface area contributed by atoms with Crippen molar-refractivity contribution in [2.75, 3.05) is 13.1 Å². The maximum atomic E-state index is 12.2. The topological polar surface area (TPSA) is 101 Å². The lowest BCUT2D eigenvalue weighted by Gasteiger charge is -2.23. The highest BCUT2D eigenvalue weighted by molar-refractivity contribution is 7.89. The molecule has 1 fully saturated rings. The number of nitrogens with one attached hydrogen (secondary N) is 2. The van der Waals surface area contributed by atoms with Crippen LogP contribution in [0, 0.1) is 17.0 Å². The van der Waals surface area contributed by atoms with Crippen LogP contribution in [0.4, 0.5) is 5.69 Å². The van der Waals surface area contributed by atoms with Crippen molar-refractivity contribution in [1.82, 2.24) is 10.0 Å². The van der Waals surface area contributed by atoms with E-state index in [-0.39, 0.29) is 29.0 Å². The summed E-state index contributed by atoms with van der Waals surface area (Å²) in [5.74, 6) is 0. The summed E-state index contributed by atoms with van der Waals surface area (Å²) in [6.07, 6.45) is 1.67. The first kappa shape index (κ1) is 17.8. The van der Waals surface area contributed by atoms with Crippen LogP contribution in [0.2, 0.25) is 0 Å². The van der Waals surface area contributed by atoms with Gasteiger partial charge in [0, 0.05) is 24.2 Å². The molecule has 0 aliphatic carbocycles. The highest BCUT2D eigenvalue weighted by atomic mass is 35.5. The Kier molecular flexibility index (Phi) is 6.09. The summed E-state index contributed by atoms with van der Waals surface area (Å²) in [7, 11) is -3.73. The molecule has 21 heavy (non-hydrogen) atoms. The lowest BCUT2D eigenvalue weighted by molar-refractivity contribution is -0.385. The average Bonchev–Trinajstić information content (AvgIpc) is 2.39. The van der Waals surface area contributed by atoms with Crippen LogP contribution in [0.3, 0.4) is 0 Å². The molecular formula is C12H18ClN3O4S. The van der Waals surface area contributed by atoms with Crippen LogP contribution in [-0.4, -0.2) is 32.5 Å². The standard InChI is InChI=1S/C12H17N3O4S.ClH/c1-9-4-5-11(7-12(9)15(16)17)20(18,19)14-10-3-2-6-13-8-10;/h4-5,7,10,13-14H,2-3,6,8H2,1H3;1H. The fraction of sp³-hybridized carbons (Fsp3) is 0.500. The zero-order valence-electron chi connectivity index (χ0n) is 11.5. The molecule has 0 spiro atoms. The fourth-order valence-electron chi connectivity index (χ4n) is 2.19. The van der Waals surface area contributed by atoms with E-state index in [9.17, 15) is 18.5 Å². The SMILES string of the molecule is Cc1ccc(S(=O)(=O)NC2CCCNC2)cc1[N+](=O)[O-].Cl. The molecule has 1 saturated heterocycles. The molecule has 7 nitrogen and oxygen atoms in total. The molecule has 118 valence electrons. The molecule has 2 rings (SSSR count). The summed E-state index contributed by atoms with van der Waals surface area (Å²) in [5.41, 5.74) is 0.253. The van der Waals surface area contributed by atoms with Crippen molar-refractivity contribution in [3.63, 3.8) is 0 Å². The Morgan fingerprint density at radius 1 is 1.43 bits per heavy atom. The normalized spacial score (nSPS) is 18.8. The second-order valence-electron chi connectivity index (χ2n) is 4.87. The average molecular weight is 336 g/mol. The third-order valence-electron chi connectivity index (χ3n) is 3.31. The molecule has 1 unspecified atom stereocenters. The predicted molar refractivity (Wildman–Crippen MR) is 81.3 cm³/mol. The molecular weight excluding hydrogens is 318 g/mol. The zero-order chi connectivity index (χ0) is 14.8. The molecule has 0 radical (unpaired) electrons. The first-order valence-corrected chi connectivity index (χ1v) is 7.86. The summed E-state index contributed by atoms with van der Waals surface area (Å²) in [6, 6.07) is 3.77. The number of halogens is 1. The van der Waals surface area contributed by atoms with Crippen molar-refractivity contribution in [2.45, 2.75) is 30.7 Å². The zero-order valence-corrected chi connectivity index (χ0v) is 13.2. The van der Waals surface area contributed by atoms with Crippen molar-refractivity contribution in [1.29, 1.82) is 0 Å². The number of nitrogens with zero attached hydrogens (tertiary/aromatic N) is 1. The molecule has 1 aromatic carbocycles. The van der Waals surface area contributed by atoms with Gasteiger partial charge in [0.05, 0.1) is 9.82 Å². The summed E-state index contributed by atoms with van der Waals surface area (Å²) < 4.78 is 27.0. The number of benzene rings is 1. The van der Waals surface area contributed by atoms with Gasteiger partial charge in [-0.25, -0.2) is 13.1 Å². The van der Waals surface area contributed by atoms with E-state index in [0.717, 1.165) is 25.5 Å². The van der Waals surface area contributed by atoms with Gasteiger partial charge in [-0.15, -0.1) is 12.4 Å². The summed E-state index contributed by atoms with van der Waals surface area (Å²) in [6.45, 7) is 3.04. The molecule has 1 aromatic rings. The summed E-state index contributed by atoms with van der Waals surface area (Å²) in [4.78, 5) is 10.2. The van der Waals surface area contributed by atoms with Crippen molar-refractivity contribution >= 4 is 28.1 Å². The second kappa shape index (κ2) is 7.17. The van der Waals surface area contributed by atoms with Gasteiger partial charge in [0.1, 0.15) is 0 Å². The molecule has 0 amide bonds. The van der Waals surface area contributed by atoms with Gasteiger partial charge in [-0.1, -0.05) is 6.07 Å². The lowest BCUT2D eigenvalue weighted by atomic mass is 10.1. The van der Waals surface area contributed by atoms with Crippen molar-refractivity contribution in [2.24, 2.45) is 0 Å². The van der Waals surface area contributed by atoms with Crippen LogP contribution in [-0.2, 0) is 10.0 Å². The van der Waals surface area contributed by atoms with Crippen LogP contribution in [0.25, 0.3) is 0 Å². The Morgan fingerprint density at radius 3 is 2.71 bits per heavy atom. The largest absolute Gasteiger partial charge is 0.315 e. The van der Waals surface area contributed by atoms with Gasteiger partial charge >= 0.3 is 0 Å². The smallest absolute Gasteiger partial charge is 0.273 e. The van der Waals surface area contributed by atoms with E-state index >= 15 is 0 Å². The minimum Gasteiger partial charge on any atom is -0.315 e. The van der Waals surface area contributed by atoms with Gasteiger partial charge in [0.25, 0.3) is 5.69 Å². The highest BCUT2D eigenvalue weighted by Crippen LogP contribution is 2.22. The Bertz CT molecular complexity index is 615. The highest BCUT2D eigenvalue weighted by Gasteiger charge is 2.24. The number of rotatable bonds is 4. The Hall–Kier alpha value is -1.22. The maximum absolute atomic E-state index is 12.2. The third-order valence-corrected chi connectivity index (χ3v) is 4.82. The van der Waals surface area contributed by atoms with E-state index in [0.29, 0.717) is 12.1 Å². The second-order valence-corrected chi connectivity index (χ2v) is 6.58. The van der Waals surface area contributed by atoms with E-state index in [4.69, 9.17) is 0 Å². The van der Waals surface area contributed by atoms with Gasteiger partial charge in [0.2, 0.25) is 10.0 Å². The van der Waals surface area contributed by atoms with Crippen LogP contribution in [0.5, 0.6) is 0 Å². The maximum Gasteiger partial charge on any atom is 0.273 e. The number of piperidine rings is 1. The van der Waals surface area contributed by atoms with Crippen LogP contribution < -0.4 is 10.0 Å². The third kappa shape index (κ3) is 4.37. The van der Waals surface area contributed by atoms with E-state index in [2.05, 4.69) is 10.0 Å². The van der Waals surface area contributed by atoms with Crippen molar-refractivity contribution in [3.8, 4) is 0 Å². The number of sulfonamides is 1. The molecule has 1 aliphatic heterocycles. The molecule has 1 aliphatic rings. The molecule has 0 aromatic heterocycles. The molecule has 2 N–H and O–H groups in total. The predicted octanol–water partition coefficient (Wildman–Crippen LogP) is 1.36. The van der Waals surface area contributed by atoms with E-state index in [1.807, 2.05) is 0 Å². The Labute approximate surface area is 129 Å². The summed E-state index contributed by atoms with van der Waals surface area (Å²) >= 11 is 0. The van der Waals surface area contributed by atoms with Crippen LogP contribution in [0.1, 0.15) is 18.4 Å². The first-order chi connectivity index (χ1) is 9.40. The van der Waals surface area contributed by atoms with Gasteiger partial charge in [-0.3, -0.25) is 10.1 Å². The molecule has 9 heteroatoms. The molecule has 0 saturated carbocycles. The van der Waals surface area contributed by atoms with E-state index in [1.54, 1.807) is 6.92 Å². The number of hydrogen-bond donors (Lipinski definition) is 2. The van der Waals surface area contributed by atoms with Crippen molar-refractivity contribution < 1.29 is 13.3 Å². The van der Waals surface area contributed by atoms with E-state index < -0.39 is 14.9 Å². The van der Waals surface area contributed by atoms with Gasteiger partial charge in [-0.2, -0.15) is 0 Å².